The lowest BCUT2D eigenvalue weighted by atomic mass is 10.1. The van der Waals surface area contributed by atoms with Gasteiger partial charge in [-0.2, -0.15) is 0 Å². The zero-order chi connectivity index (χ0) is 10.4. The first kappa shape index (κ1) is 9.36. The van der Waals surface area contributed by atoms with Crippen molar-refractivity contribution >= 4 is 32.4 Å². The summed E-state index contributed by atoms with van der Waals surface area (Å²) in [6.45, 7) is 0. The van der Waals surface area contributed by atoms with Crippen molar-refractivity contribution in [2.45, 2.75) is 6.42 Å². The molecular weight excluding hydrogens is 272 g/mol. The Balaban J connectivity index is 2.17. The van der Waals surface area contributed by atoms with Gasteiger partial charge in [0.05, 0.1) is 5.69 Å². The van der Waals surface area contributed by atoms with Gasteiger partial charge in [-0.3, -0.25) is 0 Å². The number of hydrogen-bond acceptors (Lipinski definition) is 3. The molecule has 0 amide bonds. The highest BCUT2D eigenvalue weighted by Crippen LogP contribution is 2.41. The number of nitrogens with one attached hydrogen (secondary N) is 1. The molecular formula is C11H9BrN2S. The molecule has 2 nitrogen and oxygen atoms in total. The van der Waals surface area contributed by atoms with E-state index >= 15 is 0 Å². The normalized spacial score (nSPS) is 12.4. The summed E-state index contributed by atoms with van der Waals surface area (Å²) < 4.78 is 1.14. The molecule has 1 aromatic heterocycles. The van der Waals surface area contributed by atoms with Crippen molar-refractivity contribution in [3.05, 3.63) is 33.1 Å². The second-order valence-corrected chi connectivity index (χ2v) is 5.52. The predicted molar refractivity (Wildman–Crippen MR) is 67.6 cm³/mol. The quantitative estimate of drug-likeness (QED) is 0.738. The maximum Gasteiger partial charge on any atom is 0.183 e. The highest BCUT2D eigenvalue weighted by molar-refractivity contribution is 9.10. The number of rotatable bonds is 1. The van der Waals surface area contributed by atoms with Crippen molar-refractivity contribution < 1.29 is 0 Å². The number of nitrogens with zero attached hydrogens (tertiary/aromatic N) is 1. The number of aromatic nitrogens is 1. The van der Waals surface area contributed by atoms with Crippen molar-refractivity contribution in [1.82, 2.24) is 4.98 Å². The van der Waals surface area contributed by atoms with Gasteiger partial charge in [0, 0.05) is 28.4 Å². The fraction of sp³-hybridized carbons (Fsp3) is 0.182. The third kappa shape index (κ3) is 1.40. The zero-order valence-corrected chi connectivity index (χ0v) is 10.6. The predicted octanol–water partition coefficient (Wildman–Crippen LogP) is 3.52. The third-order valence-electron chi connectivity index (χ3n) is 2.58. The minimum atomic E-state index is 1.01. The van der Waals surface area contributed by atoms with Crippen LogP contribution in [0, 0.1) is 0 Å². The second kappa shape index (κ2) is 3.32. The minimum absolute atomic E-state index is 1.01. The molecule has 76 valence electrons. The lowest BCUT2D eigenvalue weighted by Crippen LogP contribution is -1.86. The first-order chi connectivity index (χ1) is 7.28. The standard InChI is InChI=1S/C11H9BrN2S/c1-13-11-14-10-8-3-2-7(12)4-6(8)5-9(10)15-11/h2-4H,5H2,1H3,(H,13,14). The van der Waals surface area contributed by atoms with Gasteiger partial charge in [0.2, 0.25) is 0 Å². The second-order valence-electron chi connectivity index (χ2n) is 3.52. The maximum absolute atomic E-state index is 4.57. The molecule has 0 radical (unpaired) electrons. The van der Waals surface area contributed by atoms with E-state index < -0.39 is 0 Å². The van der Waals surface area contributed by atoms with Crippen molar-refractivity contribution in [1.29, 1.82) is 0 Å². The molecule has 0 bridgehead atoms. The number of fused-ring (bicyclic) bond motifs is 3. The van der Waals surface area contributed by atoms with Crippen molar-refractivity contribution in [2.75, 3.05) is 12.4 Å². The molecule has 0 fully saturated rings. The van der Waals surface area contributed by atoms with Crippen LogP contribution in [0.1, 0.15) is 10.4 Å². The van der Waals surface area contributed by atoms with E-state index in [0.29, 0.717) is 0 Å². The molecule has 0 saturated heterocycles. The molecule has 0 atom stereocenters. The van der Waals surface area contributed by atoms with E-state index in [9.17, 15) is 0 Å². The van der Waals surface area contributed by atoms with Crippen LogP contribution in [0.5, 0.6) is 0 Å². The van der Waals surface area contributed by atoms with Gasteiger partial charge in [0.15, 0.2) is 5.13 Å². The van der Waals surface area contributed by atoms with E-state index in [1.165, 1.54) is 16.0 Å². The van der Waals surface area contributed by atoms with E-state index in [0.717, 1.165) is 21.7 Å². The Morgan fingerprint density at radius 2 is 2.33 bits per heavy atom. The van der Waals surface area contributed by atoms with Gasteiger partial charge in [0.25, 0.3) is 0 Å². The van der Waals surface area contributed by atoms with Gasteiger partial charge in [-0.15, -0.1) is 11.3 Å². The monoisotopic (exact) mass is 280 g/mol. The van der Waals surface area contributed by atoms with Gasteiger partial charge < -0.3 is 5.32 Å². The molecule has 1 aromatic carbocycles. The number of anilines is 1. The van der Waals surface area contributed by atoms with Gasteiger partial charge in [-0.25, -0.2) is 4.98 Å². The first-order valence-corrected chi connectivity index (χ1v) is 6.35. The lowest BCUT2D eigenvalue weighted by molar-refractivity contribution is 1.30. The van der Waals surface area contributed by atoms with Gasteiger partial charge in [0.1, 0.15) is 0 Å². The number of halogens is 1. The molecule has 0 unspecified atom stereocenters. The molecule has 0 spiro atoms. The Morgan fingerprint density at radius 1 is 1.47 bits per heavy atom. The van der Waals surface area contributed by atoms with Crippen LogP contribution in [0.25, 0.3) is 11.3 Å². The Morgan fingerprint density at radius 3 is 3.13 bits per heavy atom. The fourth-order valence-electron chi connectivity index (χ4n) is 1.90. The first-order valence-electron chi connectivity index (χ1n) is 4.74. The van der Waals surface area contributed by atoms with Crippen molar-refractivity contribution in [3.63, 3.8) is 0 Å². The van der Waals surface area contributed by atoms with Crippen LogP contribution in [0.2, 0.25) is 0 Å². The summed E-state index contributed by atoms with van der Waals surface area (Å²) in [5, 5.41) is 4.10. The molecule has 3 rings (SSSR count). The molecule has 15 heavy (non-hydrogen) atoms. The fourth-order valence-corrected chi connectivity index (χ4v) is 3.26. The average molecular weight is 281 g/mol. The lowest BCUT2D eigenvalue weighted by Gasteiger charge is -1.99. The number of thiazole rings is 1. The van der Waals surface area contributed by atoms with Gasteiger partial charge >= 0.3 is 0 Å². The third-order valence-corrected chi connectivity index (χ3v) is 4.15. The van der Waals surface area contributed by atoms with Gasteiger partial charge in [-0.1, -0.05) is 22.0 Å². The summed E-state index contributed by atoms with van der Waals surface area (Å²) in [6.07, 6.45) is 1.02. The van der Waals surface area contributed by atoms with E-state index in [2.05, 4.69) is 44.4 Å². The highest BCUT2D eigenvalue weighted by atomic mass is 79.9. The summed E-state index contributed by atoms with van der Waals surface area (Å²) in [6, 6.07) is 6.40. The SMILES string of the molecule is CNc1nc2c(s1)Cc1cc(Br)ccc1-2. The summed E-state index contributed by atoms with van der Waals surface area (Å²) in [5.74, 6) is 0. The minimum Gasteiger partial charge on any atom is -0.365 e. The highest BCUT2D eigenvalue weighted by Gasteiger charge is 2.22. The molecule has 1 aliphatic carbocycles. The van der Waals surface area contributed by atoms with E-state index in [1.54, 1.807) is 11.3 Å². The van der Waals surface area contributed by atoms with Crippen LogP contribution in [0.3, 0.4) is 0 Å². The molecule has 0 saturated carbocycles. The smallest absolute Gasteiger partial charge is 0.183 e. The maximum atomic E-state index is 4.57. The van der Waals surface area contributed by atoms with Crippen LogP contribution in [0.4, 0.5) is 5.13 Å². The summed E-state index contributed by atoms with van der Waals surface area (Å²) in [7, 11) is 1.91. The zero-order valence-electron chi connectivity index (χ0n) is 8.17. The van der Waals surface area contributed by atoms with Crippen LogP contribution in [-0.2, 0) is 6.42 Å². The van der Waals surface area contributed by atoms with E-state index in [-0.39, 0.29) is 0 Å². The number of hydrogen-bond donors (Lipinski definition) is 1. The summed E-state index contributed by atoms with van der Waals surface area (Å²) in [5.41, 5.74) is 3.82. The van der Waals surface area contributed by atoms with Crippen LogP contribution < -0.4 is 5.32 Å². The molecule has 1 heterocycles. The molecule has 1 N–H and O–H groups in total. The van der Waals surface area contributed by atoms with Crippen molar-refractivity contribution in [3.8, 4) is 11.3 Å². The topological polar surface area (TPSA) is 24.9 Å². The van der Waals surface area contributed by atoms with E-state index in [1.807, 2.05) is 7.05 Å². The molecule has 0 aliphatic heterocycles. The Labute approximate surface area is 100 Å². The Bertz CT molecular complexity index is 533. The number of benzene rings is 1. The summed E-state index contributed by atoms with van der Waals surface area (Å²) in [4.78, 5) is 5.94. The van der Waals surface area contributed by atoms with Crippen LogP contribution in [0.15, 0.2) is 22.7 Å². The van der Waals surface area contributed by atoms with Crippen LogP contribution in [-0.4, -0.2) is 12.0 Å². The van der Waals surface area contributed by atoms with Crippen molar-refractivity contribution in [2.24, 2.45) is 0 Å². The summed E-state index contributed by atoms with van der Waals surface area (Å²) >= 11 is 5.24. The van der Waals surface area contributed by atoms with Gasteiger partial charge in [-0.05, 0) is 17.7 Å². The average Bonchev–Trinajstić information content (AvgIpc) is 2.73. The van der Waals surface area contributed by atoms with Crippen LogP contribution >= 0.6 is 27.3 Å². The van der Waals surface area contributed by atoms with E-state index in [4.69, 9.17) is 0 Å². The molecule has 4 heteroatoms. The molecule has 2 aromatic rings. The Kier molecular flexibility index (Phi) is 2.07. The Hall–Kier alpha value is -0.870. The molecule has 1 aliphatic rings. The largest absolute Gasteiger partial charge is 0.365 e.